The smallest absolute Gasteiger partial charge is 0.264 e. The lowest BCUT2D eigenvalue weighted by molar-refractivity contribution is -0.130. The second-order valence-electron chi connectivity index (χ2n) is 5.16. The van der Waals surface area contributed by atoms with E-state index in [2.05, 4.69) is 0 Å². The van der Waals surface area contributed by atoms with Crippen LogP contribution in [0, 0.1) is 11.3 Å². The zero-order valence-corrected chi connectivity index (χ0v) is 14.8. The summed E-state index contributed by atoms with van der Waals surface area (Å²) < 4.78 is 31.8. The summed E-state index contributed by atoms with van der Waals surface area (Å²) in [5.74, 6) is -0.795. The minimum atomic E-state index is -4.11. The van der Waals surface area contributed by atoms with Gasteiger partial charge < -0.3 is 4.74 Å². The normalized spacial score (nSPS) is 12.2. The first-order valence-corrected chi connectivity index (χ1v) is 9.11. The molecular weight excluding hydrogens is 364 g/mol. The van der Waals surface area contributed by atoms with Gasteiger partial charge in [0.1, 0.15) is 12.2 Å². The molecule has 2 aromatic rings. The van der Waals surface area contributed by atoms with Crippen molar-refractivity contribution in [2.45, 2.75) is 24.5 Å². The van der Waals surface area contributed by atoms with Crippen LogP contribution in [0.1, 0.15) is 18.1 Å². The first-order chi connectivity index (χ1) is 11.8. The monoisotopic (exact) mass is 378 g/mol. The third-order valence-electron chi connectivity index (χ3n) is 3.32. The number of carbonyl (C=O) groups excluding carboxylic acids is 1. The second kappa shape index (κ2) is 8.12. The maximum absolute atomic E-state index is 12.2. The molecule has 0 aliphatic rings. The molecule has 1 amide bonds. The predicted molar refractivity (Wildman–Crippen MR) is 92.2 cm³/mol. The molecule has 6 nitrogen and oxygen atoms in total. The highest BCUT2D eigenvalue weighted by atomic mass is 35.5. The maximum atomic E-state index is 12.2. The summed E-state index contributed by atoms with van der Waals surface area (Å²) in [6.07, 6.45) is -0.969. The molecule has 0 spiro atoms. The van der Waals surface area contributed by atoms with Crippen LogP contribution >= 0.6 is 11.6 Å². The predicted octanol–water partition coefficient (Wildman–Crippen LogP) is 2.62. The molecule has 8 heteroatoms. The molecule has 1 atom stereocenters. The van der Waals surface area contributed by atoms with Crippen LogP contribution in [0.3, 0.4) is 0 Å². The van der Waals surface area contributed by atoms with Crippen LogP contribution < -0.4 is 4.72 Å². The van der Waals surface area contributed by atoms with Crippen LogP contribution in [0.5, 0.6) is 0 Å². The molecule has 25 heavy (non-hydrogen) atoms. The van der Waals surface area contributed by atoms with Gasteiger partial charge in [-0.3, -0.25) is 4.79 Å². The zero-order chi connectivity index (χ0) is 18.4. The Hall–Kier alpha value is -2.40. The van der Waals surface area contributed by atoms with Gasteiger partial charge in [-0.2, -0.15) is 5.26 Å². The van der Waals surface area contributed by atoms with E-state index in [1.807, 2.05) is 41.1 Å². The van der Waals surface area contributed by atoms with Gasteiger partial charge in [0, 0.05) is 0 Å². The molecule has 0 radical (unpaired) electrons. The van der Waals surface area contributed by atoms with Gasteiger partial charge in [-0.15, -0.1) is 0 Å². The van der Waals surface area contributed by atoms with Gasteiger partial charge in [-0.05, 0) is 30.7 Å². The molecule has 1 N–H and O–H groups in total. The highest BCUT2D eigenvalue weighted by Crippen LogP contribution is 2.20. The number of hydrogen-bond donors (Lipinski definition) is 1. The molecular formula is C17H15ClN2O4S. The van der Waals surface area contributed by atoms with E-state index < -0.39 is 22.0 Å². The van der Waals surface area contributed by atoms with Crippen molar-refractivity contribution in [3.05, 3.63) is 64.7 Å². The highest BCUT2D eigenvalue weighted by molar-refractivity contribution is 7.90. The van der Waals surface area contributed by atoms with Crippen molar-refractivity contribution in [3.8, 4) is 6.07 Å². The van der Waals surface area contributed by atoms with Gasteiger partial charge in [0.2, 0.25) is 0 Å². The van der Waals surface area contributed by atoms with Gasteiger partial charge in [-0.1, -0.05) is 41.9 Å². The fourth-order valence-corrected chi connectivity index (χ4v) is 3.26. The van der Waals surface area contributed by atoms with Gasteiger partial charge in [-0.25, -0.2) is 13.1 Å². The Kier molecular flexibility index (Phi) is 6.15. The van der Waals surface area contributed by atoms with Crippen molar-refractivity contribution < 1.29 is 17.9 Å². The number of nitriles is 1. The van der Waals surface area contributed by atoms with Crippen molar-refractivity contribution in [1.29, 1.82) is 5.26 Å². The Bertz CT molecular complexity index is 908. The second-order valence-corrected chi connectivity index (χ2v) is 7.25. The number of benzene rings is 2. The quantitative estimate of drug-likeness (QED) is 0.833. The zero-order valence-electron chi connectivity index (χ0n) is 13.3. The molecule has 0 aliphatic carbocycles. The Morgan fingerprint density at radius 3 is 2.56 bits per heavy atom. The number of rotatable bonds is 6. The van der Waals surface area contributed by atoms with Crippen molar-refractivity contribution in [1.82, 2.24) is 4.72 Å². The van der Waals surface area contributed by atoms with Crippen molar-refractivity contribution in [2.75, 3.05) is 0 Å². The number of carbonyl (C=O) groups is 1. The average Bonchev–Trinajstić information content (AvgIpc) is 2.60. The third kappa shape index (κ3) is 5.03. The number of sulfonamides is 1. The van der Waals surface area contributed by atoms with Gasteiger partial charge in [0.05, 0.1) is 22.1 Å². The Labute approximate surface area is 151 Å². The lowest BCUT2D eigenvalue weighted by Crippen LogP contribution is -2.38. The Morgan fingerprint density at radius 2 is 1.96 bits per heavy atom. The van der Waals surface area contributed by atoms with E-state index in [0.29, 0.717) is 0 Å². The van der Waals surface area contributed by atoms with Crippen molar-refractivity contribution >= 4 is 27.5 Å². The number of nitrogens with zero attached hydrogens (tertiary/aromatic N) is 1. The first-order valence-electron chi connectivity index (χ1n) is 7.25. The number of hydrogen-bond acceptors (Lipinski definition) is 5. The van der Waals surface area contributed by atoms with Crippen LogP contribution in [-0.2, 0) is 26.2 Å². The van der Waals surface area contributed by atoms with E-state index >= 15 is 0 Å². The third-order valence-corrected chi connectivity index (χ3v) is 4.98. The maximum Gasteiger partial charge on any atom is 0.264 e. The molecule has 0 saturated carbocycles. The first kappa shape index (κ1) is 18.9. The van der Waals surface area contributed by atoms with Crippen LogP contribution in [0.15, 0.2) is 53.4 Å². The summed E-state index contributed by atoms with van der Waals surface area (Å²) in [6, 6.07) is 14.6. The van der Waals surface area contributed by atoms with Crippen LogP contribution in [0.4, 0.5) is 0 Å². The lowest BCUT2D eigenvalue weighted by Gasteiger charge is -2.14. The average molecular weight is 379 g/mol. The largest absolute Gasteiger partial charge is 0.364 e. The van der Waals surface area contributed by atoms with E-state index in [4.69, 9.17) is 21.6 Å². The molecule has 0 heterocycles. The number of amides is 1. The fourth-order valence-electron chi connectivity index (χ4n) is 1.90. The van der Waals surface area contributed by atoms with E-state index in [1.54, 1.807) is 0 Å². The van der Waals surface area contributed by atoms with Crippen LogP contribution in [-0.4, -0.2) is 20.4 Å². The van der Waals surface area contributed by atoms with Crippen LogP contribution in [0.25, 0.3) is 0 Å². The molecule has 2 rings (SSSR count). The number of ether oxygens (including phenoxy) is 1. The highest BCUT2D eigenvalue weighted by Gasteiger charge is 2.23. The topological polar surface area (TPSA) is 96.3 Å². The fraction of sp³-hybridized carbons (Fsp3) is 0.176. The van der Waals surface area contributed by atoms with Gasteiger partial charge >= 0.3 is 0 Å². The minimum Gasteiger partial charge on any atom is -0.364 e. The van der Waals surface area contributed by atoms with E-state index in [1.165, 1.54) is 19.1 Å². The minimum absolute atomic E-state index is 0.00815. The summed E-state index contributed by atoms with van der Waals surface area (Å²) in [7, 11) is -4.11. The summed E-state index contributed by atoms with van der Waals surface area (Å²) in [4.78, 5) is 11.9. The van der Waals surface area contributed by atoms with Crippen molar-refractivity contribution in [2.24, 2.45) is 0 Å². The molecule has 0 unspecified atom stereocenters. The summed E-state index contributed by atoms with van der Waals surface area (Å²) in [5.41, 5.74) is 1.01. The Balaban J connectivity index is 2.03. The molecule has 0 fully saturated rings. The van der Waals surface area contributed by atoms with E-state index in [-0.39, 0.29) is 22.1 Å². The molecule has 0 aromatic heterocycles. The standard InChI is InChI=1S/C17H15ClN2O4S/c1-12(24-11-13-5-3-2-4-6-13)17(21)20-25(22,23)15-8-7-14(10-19)16(18)9-15/h2-9,12H,11H2,1H3,(H,20,21)/t12-/m0/s1. The van der Waals surface area contributed by atoms with Crippen molar-refractivity contribution in [3.63, 3.8) is 0 Å². The molecule has 130 valence electrons. The van der Waals surface area contributed by atoms with Crippen LogP contribution in [0.2, 0.25) is 5.02 Å². The summed E-state index contributed by atoms with van der Waals surface area (Å²) in [6.45, 7) is 1.64. The molecule has 2 aromatic carbocycles. The van der Waals surface area contributed by atoms with E-state index in [9.17, 15) is 13.2 Å². The van der Waals surface area contributed by atoms with Gasteiger partial charge in [0.25, 0.3) is 15.9 Å². The Morgan fingerprint density at radius 1 is 1.28 bits per heavy atom. The van der Waals surface area contributed by atoms with Gasteiger partial charge in [0.15, 0.2) is 0 Å². The van der Waals surface area contributed by atoms with E-state index in [0.717, 1.165) is 11.6 Å². The number of halogens is 1. The lowest BCUT2D eigenvalue weighted by atomic mass is 10.2. The molecule has 0 bridgehead atoms. The number of nitrogens with one attached hydrogen (secondary N) is 1. The SMILES string of the molecule is C[C@H](OCc1ccccc1)C(=O)NS(=O)(=O)c1ccc(C#N)c(Cl)c1. The summed E-state index contributed by atoms with van der Waals surface area (Å²) in [5, 5.41) is 8.81. The molecule has 0 aliphatic heterocycles. The summed E-state index contributed by atoms with van der Waals surface area (Å²) >= 11 is 5.83. The molecule has 0 saturated heterocycles.